The van der Waals surface area contributed by atoms with Crippen LogP contribution < -0.4 is 0 Å². The van der Waals surface area contributed by atoms with Gasteiger partial charge < -0.3 is 0 Å². The maximum atomic E-state index is 13.4. The van der Waals surface area contributed by atoms with Gasteiger partial charge in [0.2, 0.25) is 5.82 Å². The van der Waals surface area contributed by atoms with Gasteiger partial charge in [0.15, 0.2) is 23.3 Å². The lowest BCUT2D eigenvalue weighted by molar-refractivity contribution is 0.358. The van der Waals surface area contributed by atoms with Gasteiger partial charge in [-0.15, -0.1) is 0 Å². The van der Waals surface area contributed by atoms with Crippen LogP contribution in [-0.2, 0) is 0 Å². The number of benzene rings is 1. The summed E-state index contributed by atoms with van der Waals surface area (Å²) in [6.07, 6.45) is 0. The molecule has 0 nitrogen and oxygen atoms in total. The van der Waals surface area contributed by atoms with Crippen LogP contribution in [0.3, 0.4) is 0 Å². The van der Waals surface area contributed by atoms with Crippen molar-refractivity contribution in [1.82, 2.24) is 0 Å². The minimum absolute atomic E-state index is 0.881. The summed E-state index contributed by atoms with van der Waals surface area (Å²) < 4.78 is 65.5. The summed E-state index contributed by atoms with van der Waals surface area (Å²) in [6, 6.07) is 0. The van der Waals surface area contributed by atoms with Gasteiger partial charge in [-0.3, -0.25) is 0 Å². The molecular weight excluding hydrogens is 238 g/mol. The van der Waals surface area contributed by atoms with Gasteiger partial charge in [0, 0.05) is 5.56 Å². The molecule has 0 spiro atoms. The van der Waals surface area contributed by atoms with E-state index in [-0.39, 0.29) is 0 Å². The monoisotopic (exact) mass is 248 g/mol. The summed E-state index contributed by atoms with van der Waals surface area (Å²) in [5.74, 6) is -10.7. The molecule has 0 aliphatic heterocycles. The van der Waals surface area contributed by atoms with Gasteiger partial charge in [-0.05, 0) is 5.92 Å². The van der Waals surface area contributed by atoms with Crippen molar-refractivity contribution in [1.29, 1.82) is 0 Å². The van der Waals surface area contributed by atoms with Crippen LogP contribution in [0.15, 0.2) is 0 Å². The molecule has 0 aromatic heterocycles. The van der Waals surface area contributed by atoms with Gasteiger partial charge in [0.25, 0.3) is 0 Å². The number of rotatable bonds is 2. The van der Waals surface area contributed by atoms with Gasteiger partial charge in [-0.25, -0.2) is 22.0 Å². The van der Waals surface area contributed by atoms with Crippen LogP contribution in [0.2, 0.25) is 5.31 Å². The van der Waals surface area contributed by atoms with Crippen LogP contribution in [0.25, 0.3) is 0 Å². The third kappa shape index (κ3) is 2.30. The minimum Gasteiger partial charge on any atom is -0.203 e. The fraction of sp³-hybridized carbons (Fsp3) is 0.455. The molecular formula is C11H10BF5. The van der Waals surface area contributed by atoms with E-state index in [1.54, 1.807) is 0 Å². The molecule has 1 unspecified atom stereocenters. The molecule has 1 rings (SSSR count). The highest BCUT2D eigenvalue weighted by Gasteiger charge is 2.33. The Balaban J connectivity index is 3.55. The second-order valence-corrected chi connectivity index (χ2v) is 4.53. The Morgan fingerprint density at radius 3 is 1.41 bits per heavy atom. The van der Waals surface area contributed by atoms with E-state index in [2.05, 4.69) is 0 Å². The molecule has 0 fully saturated rings. The number of hydrogen-bond acceptors (Lipinski definition) is 0. The highest BCUT2D eigenvalue weighted by molar-refractivity contribution is 6.15. The van der Waals surface area contributed by atoms with E-state index >= 15 is 0 Å². The molecule has 1 aromatic rings. The van der Waals surface area contributed by atoms with E-state index in [0.29, 0.717) is 0 Å². The standard InChI is InChI=1S/C11H10BF5/c1-4(11(2,3)12)5-6(13)8(15)10(17)9(16)7(5)14/h4H,1-3H3. The Hall–Kier alpha value is -1.07. The first-order valence-electron chi connectivity index (χ1n) is 4.89. The average molecular weight is 248 g/mol. The average Bonchev–Trinajstić information content (AvgIpc) is 2.22. The molecule has 0 bridgehead atoms. The quantitative estimate of drug-likeness (QED) is 0.322. The third-order valence-electron chi connectivity index (χ3n) is 2.79. The van der Waals surface area contributed by atoms with Crippen molar-refractivity contribution in [3.05, 3.63) is 34.6 Å². The van der Waals surface area contributed by atoms with Crippen molar-refractivity contribution >= 4 is 7.85 Å². The second-order valence-electron chi connectivity index (χ2n) is 4.53. The van der Waals surface area contributed by atoms with E-state index in [0.717, 1.165) is 0 Å². The molecule has 2 radical (unpaired) electrons. The first-order valence-corrected chi connectivity index (χ1v) is 4.89. The number of halogens is 5. The Morgan fingerprint density at radius 2 is 1.12 bits per heavy atom. The van der Waals surface area contributed by atoms with Crippen molar-refractivity contribution < 1.29 is 22.0 Å². The SMILES string of the molecule is [B]C(C)(C)C(C)c1c(F)c(F)c(F)c(F)c1F. The van der Waals surface area contributed by atoms with Crippen LogP contribution in [0.1, 0.15) is 32.3 Å². The first kappa shape index (κ1) is 14.0. The molecule has 0 saturated heterocycles. The predicted octanol–water partition coefficient (Wildman–Crippen LogP) is 3.85. The van der Waals surface area contributed by atoms with Crippen molar-refractivity contribution in [2.75, 3.05) is 0 Å². The van der Waals surface area contributed by atoms with Crippen molar-refractivity contribution in [3.63, 3.8) is 0 Å². The summed E-state index contributed by atoms with van der Waals surface area (Å²) in [6.45, 7) is 4.18. The lowest BCUT2D eigenvalue weighted by atomic mass is 9.62. The van der Waals surface area contributed by atoms with E-state index in [4.69, 9.17) is 7.85 Å². The molecule has 0 heterocycles. The minimum atomic E-state index is -2.16. The predicted molar refractivity (Wildman–Crippen MR) is 54.4 cm³/mol. The van der Waals surface area contributed by atoms with Crippen LogP contribution in [-0.4, -0.2) is 7.85 Å². The van der Waals surface area contributed by atoms with Gasteiger partial charge in [-0.2, -0.15) is 0 Å². The summed E-state index contributed by atoms with van der Waals surface area (Å²) >= 11 is 0. The molecule has 0 N–H and O–H groups in total. The summed E-state index contributed by atoms with van der Waals surface area (Å²) in [4.78, 5) is 0. The highest BCUT2D eigenvalue weighted by atomic mass is 19.2. The maximum Gasteiger partial charge on any atom is 0.200 e. The van der Waals surface area contributed by atoms with Gasteiger partial charge in [0.05, 0.1) is 7.85 Å². The molecule has 0 saturated carbocycles. The van der Waals surface area contributed by atoms with Gasteiger partial charge >= 0.3 is 0 Å². The molecule has 1 aromatic carbocycles. The fourth-order valence-corrected chi connectivity index (χ4v) is 1.37. The van der Waals surface area contributed by atoms with Crippen molar-refractivity contribution in [3.8, 4) is 0 Å². The number of hydrogen-bond donors (Lipinski definition) is 0. The van der Waals surface area contributed by atoms with E-state index < -0.39 is 45.9 Å². The smallest absolute Gasteiger partial charge is 0.200 e. The molecule has 0 aliphatic carbocycles. The van der Waals surface area contributed by atoms with Crippen LogP contribution in [0, 0.1) is 29.1 Å². The summed E-state index contributed by atoms with van der Waals surface area (Å²) in [5.41, 5.74) is -0.881. The van der Waals surface area contributed by atoms with Crippen LogP contribution in [0.4, 0.5) is 22.0 Å². The lowest BCUT2D eigenvalue weighted by Crippen LogP contribution is -2.18. The molecule has 17 heavy (non-hydrogen) atoms. The Kier molecular flexibility index (Phi) is 3.55. The molecule has 92 valence electrons. The van der Waals surface area contributed by atoms with Gasteiger partial charge in [0.1, 0.15) is 0 Å². The highest BCUT2D eigenvalue weighted by Crippen LogP contribution is 2.41. The van der Waals surface area contributed by atoms with Crippen molar-refractivity contribution in [2.24, 2.45) is 0 Å². The Labute approximate surface area is 97.2 Å². The Bertz CT molecular complexity index is 421. The molecule has 0 amide bonds. The zero-order valence-electron chi connectivity index (χ0n) is 9.54. The second kappa shape index (κ2) is 4.31. The zero-order valence-corrected chi connectivity index (χ0v) is 9.54. The van der Waals surface area contributed by atoms with Crippen LogP contribution in [0.5, 0.6) is 0 Å². The van der Waals surface area contributed by atoms with Crippen molar-refractivity contribution in [2.45, 2.75) is 32.0 Å². The van der Waals surface area contributed by atoms with E-state index in [1.165, 1.54) is 20.8 Å². The Morgan fingerprint density at radius 1 is 0.824 bits per heavy atom. The molecule has 6 heteroatoms. The van der Waals surface area contributed by atoms with E-state index in [9.17, 15) is 22.0 Å². The van der Waals surface area contributed by atoms with E-state index in [1.807, 2.05) is 0 Å². The third-order valence-corrected chi connectivity index (χ3v) is 2.79. The lowest BCUT2D eigenvalue weighted by Gasteiger charge is -2.28. The summed E-state index contributed by atoms with van der Waals surface area (Å²) in [7, 11) is 5.62. The topological polar surface area (TPSA) is 0 Å². The maximum absolute atomic E-state index is 13.4. The molecule has 1 atom stereocenters. The normalized spacial score (nSPS) is 13.9. The largest absolute Gasteiger partial charge is 0.203 e. The van der Waals surface area contributed by atoms with Gasteiger partial charge in [-0.1, -0.05) is 26.1 Å². The van der Waals surface area contributed by atoms with Crippen LogP contribution >= 0.6 is 0 Å². The fourth-order valence-electron chi connectivity index (χ4n) is 1.37. The zero-order chi connectivity index (χ0) is 13.5. The first-order chi connectivity index (χ1) is 7.59. The molecule has 0 aliphatic rings. The summed E-state index contributed by atoms with van der Waals surface area (Å²) in [5, 5.41) is -1.11.